The number of nitrogens with zero attached hydrogens (tertiary/aromatic N) is 1. The predicted octanol–water partition coefficient (Wildman–Crippen LogP) is 3.42. The highest BCUT2D eigenvalue weighted by atomic mass is 16.2. The van der Waals surface area contributed by atoms with Crippen LogP contribution < -0.4 is 10.6 Å². The number of carbonyl (C=O) groups excluding carboxylic acids is 3. The quantitative estimate of drug-likeness (QED) is 0.708. The van der Waals surface area contributed by atoms with Gasteiger partial charge in [-0.3, -0.25) is 14.5 Å². The van der Waals surface area contributed by atoms with Crippen molar-refractivity contribution in [3.05, 3.63) is 71.3 Å². The van der Waals surface area contributed by atoms with E-state index < -0.39 is 17.5 Å². The lowest BCUT2D eigenvalue weighted by Crippen LogP contribution is -2.43. The second-order valence-electron chi connectivity index (χ2n) is 7.63. The summed E-state index contributed by atoms with van der Waals surface area (Å²) in [6.45, 7) is 5.36. The van der Waals surface area contributed by atoms with E-state index in [-0.39, 0.29) is 18.5 Å². The van der Waals surface area contributed by atoms with E-state index in [0.29, 0.717) is 5.56 Å². The maximum atomic E-state index is 13.0. The fraction of sp³-hybridized carbons (Fsp3) is 0.348. The van der Waals surface area contributed by atoms with E-state index in [1.807, 2.05) is 68.4 Å². The molecule has 6 nitrogen and oxygen atoms in total. The standard InChI is InChI=1S/C23H27N3O3/c1-4-8-19(17-9-6-5-7-10-17)24-20(27)15-26-21(28)23(3,25-22(26)29)18-13-11-16(2)12-14-18/h5-7,9-14,19H,4,8,15H2,1-3H3,(H,24,27)(H,25,29). The maximum absolute atomic E-state index is 13.0. The number of hydrogen-bond acceptors (Lipinski definition) is 3. The number of benzene rings is 2. The lowest BCUT2D eigenvalue weighted by atomic mass is 9.91. The van der Waals surface area contributed by atoms with Gasteiger partial charge in [0.1, 0.15) is 12.1 Å². The second kappa shape index (κ2) is 8.47. The molecule has 1 saturated heterocycles. The number of hydrogen-bond donors (Lipinski definition) is 2. The van der Waals surface area contributed by atoms with Crippen molar-refractivity contribution >= 4 is 17.8 Å². The average molecular weight is 393 g/mol. The molecule has 0 radical (unpaired) electrons. The minimum absolute atomic E-state index is 0.155. The van der Waals surface area contributed by atoms with Crippen LogP contribution in [0.3, 0.4) is 0 Å². The molecule has 0 aliphatic carbocycles. The maximum Gasteiger partial charge on any atom is 0.325 e. The lowest BCUT2D eigenvalue weighted by Gasteiger charge is -2.23. The van der Waals surface area contributed by atoms with Gasteiger partial charge in [-0.1, -0.05) is 73.5 Å². The molecule has 1 aliphatic rings. The highest BCUT2D eigenvalue weighted by Crippen LogP contribution is 2.29. The van der Waals surface area contributed by atoms with Crippen molar-refractivity contribution in [1.82, 2.24) is 15.5 Å². The fourth-order valence-electron chi connectivity index (χ4n) is 3.60. The first kappa shape index (κ1) is 20.6. The SMILES string of the molecule is CCCC(NC(=O)CN1C(=O)NC(C)(c2ccc(C)cc2)C1=O)c1ccccc1. The number of carbonyl (C=O) groups is 3. The number of aryl methyl sites for hydroxylation is 1. The molecule has 0 aromatic heterocycles. The fourth-order valence-corrected chi connectivity index (χ4v) is 3.60. The number of rotatable bonds is 7. The zero-order valence-electron chi connectivity index (χ0n) is 17.1. The molecular weight excluding hydrogens is 366 g/mol. The third-order valence-electron chi connectivity index (χ3n) is 5.32. The molecule has 1 aliphatic heterocycles. The second-order valence-corrected chi connectivity index (χ2v) is 7.63. The molecule has 4 amide bonds. The Morgan fingerprint density at radius 3 is 2.38 bits per heavy atom. The summed E-state index contributed by atoms with van der Waals surface area (Å²) in [6.07, 6.45) is 1.67. The van der Waals surface area contributed by atoms with E-state index in [4.69, 9.17) is 0 Å². The Balaban J connectivity index is 1.72. The Hall–Kier alpha value is -3.15. The van der Waals surface area contributed by atoms with E-state index in [0.717, 1.165) is 28.9 Å². The third kappa shape index (κ3) is 4.31. The summed E-state index contributed by atoms with van der Waals surface area (Å²) in [4.78, 5) is 39.1. The van der Waals surface area contributed by atoms with E-state index in [2.05, 4.69) is 10.6 Å². The summed E-state index contributed by atoms with van der Waals surface area (Å²) in [5.74, 6) is -0.780. The highest BCUT2D eigenvalue weighted by molar-refractivity contribution is 6.09. The van der Waals surface area contributed by atoms with Crippen LogP contribution in [0.25, 0.3) is 0 Å². The van der Waals surface area contributed by atoms with Gasteiger partial charge in [-0.05, 0) is 31.4 Å². The molecule has 2 aromatic carbocycles. The van der Waals surface area contributed by atoms with Crippen LogP contribution in [0.5, 0.6) is 0 Å². The highest BCUT2D eigenvalue weighted by Gasteiger charge is 2.49. The minimum atomic E-state index is -1.17. The van der Waals surface area contributed by atoms with E-state index in [1.54, 1.807) is 6.92 Å². The van der Waals surface area contributed by atoms with Crippen LogP contribution in [0.2, 0.25) is 0 Å². The topological polar surface area (TPSA) is 78.5 Å². The van der Waals surface area contributed by atoms with E-state index in [9.17, 15) is 14.4 Å². The van der Waals surface area contributed by atoms with Crippen LogP contribution >= 0.6 is 0 Å². The minimum Gasteiger partial charge on any atom is -0.348 e. The molecule has 2 N–H and O–H groups in total. The number of amides is 4. The van der Waals surface area contributed by atoms with Crippen molar-refractivity contribution in [2.75, 3.05) is 6.54 Å². The van der Waals surface area contributed by atoms with Crippen LogP contribution in [-0.4, -0.2) is 29.3 Å². The van der Waals surface area contributed by atoms with Crippen LogP contribution in [0.1, 0.15) is 49.4 Å². The Morgan fingerprint density at radius 1 is 1.10 bits per heavy atom. The summed E-state index contributed by atoms with van der Waals surface area (Å²) >= 11 is 0. The molecule has 1 heterocycles. The van der Waals surface area contributed by atoms with Crippen molar-refractivity contribution in [3.63, 3.8) is 0 Å². The first-order chi connectivity index (χ1) is 13.8. The van der Waals surface area contributed by atoms with Crippen LogP contribution in [0, 0.1) is 6.92 Å². The normalized spacial score (nSPS) is 19.8. The largest absolute Gasteiger partial charge is 0.348 e. The molecule has 6 heteroatoms. The molecule has 3 rings (SSSR count). The van der Waals surface area contributed by atoms with Crippen molar-refractivity contribution in [2.24, 2.45) is 0 Å². The summed E-state index contributed by atoms with van der Waals surface area (Å²) in [6, 6.07) is 16.4. The Bertz CT molecular complexity index is 895. The van der Waals surface area contributed by atoms with Gasteiger partial charge in [0.25, 0.3) is 5.91 Å². The van der Waals surface area contributed by atoms with Gasteiger partial charge in [0, 0.05) is 0 Å². The average Bonchev–Trinajstić information content (AvgIpc) is 2.92. The number of nitrogens with one attached hydrogen (secondary N) is 2. The Labute approximate surface area is 171 Å². The summed E-state index contributed by atoms with van der Waals surface area (Å²) < 4.78 is 0. The number of imide groups is 1. The van der Waals surface area contributed by atoms with Crippen LogP contribution in [0.15, 0.2) is 54.6 Å². The smallest absolute Gasteiger partial charge is 0.325 e. The van der Waals surface area contributed by atoms with Crippen molar-refractivity contribution in [2.45, 2.75) is 45.2 Å². The molecule has 2 atom stereocenters. The summed E-state index contributed by atoms with van der Waals surface area (Å²) in [7, 11) is 0. The zero-order chi connectivity index (χ0) is 21.0. The lowest BCUT2D eigenvalue weighted by molar-refractivity contribution is -0.135. The van der Waals surface area contributed by atoms with Gasteiger partial charge >= 0.3 is 6.03 Å². The molecule has 152 valence electrons. The summed E-state index contributed by atoms with van der Waals surface area (Å²) in [5.41, 5.74) is 1.59. The first-order valence-electron chi connectivity index (χ1n) is 9.90. The van der Waals surface area contributed by atoms with Crippen LogP contribution in [-0.2, 0) is 15.1 Å². The van der Waals surface area contributed by atoms with Gasteiger partial charge in [0.2, 0.25) is 5.91 Å². The molecule has 29 heavy (non-hydrogen) atoms. The van der Waals surface area contributed by atoms with Gasteiger partial charge in [0.05, 0.1) is 6.04 Å². The number of urea groups is 1. The van der Waals surface area contributed by atoms with Gasteiger partial charge in [-0.15, -0.1) is 0 Å². The summed E-state index contributed by atoms with van der Waals surface area (Å²) in [5, 5.41) is 5.70. The Kier molecular flexibility index (Phi) is 6.01. The molecule has 2 aromatic rings. The third-order valence-corrected chi connectivity index (χ3v) is 5.32. The molecule has 0 bridgehead atoms. The molecule has 0 saturated carbocycles. The van der Waals surface area contributed by atoms with Crippen molar-refractivity contribution < 1.29 is 14.4 Å². The zero-order valence-corrected chi connectivity index (χ0v) is 17.1. The van der Waals surface area contributed by atoms with Crippen LogP contribution in [0.4, 0.5) is 4.79 Å². The van der Waals surface area contributed by atoms with Crippen molar-refractivity contribution in [3.8, 4) is 0 Å². The van der Waals surface area contributed by atoms with Gasteiger partial charge in [-0.25, -0.2) is 4.79 Å². The first-order valence-corrected chi connectivity index (χ1v) is 9.90. The van der Waals surface area contributed by atoms with Gasteiger partial charge in [-0.2, -0.15) is 0 Å². The predicted molar refractivity (Wildman–Crippen MR) is 111 cm³/mol. The molecule has 2 unspecified atom stereocenters. The van der Waals surface area contributed by atoms with Crippen molar-refractivity contribution in [1.29, 1.82) is 0 Å². The Morgan fingerprint density at radius 2 is 1.76 bits per heavy atom. The van der Waals surface area contributed by atoms with Gasteiger partial charge in [0.15, 0.2) is 0 Å². The molecular formula is C23H27N3O3. The monoisotopic (exact) mass is 393 g/mol. The van der Waals surface area contributed by atoms with E-state index >= 15 is 0 Å². The molecule has 0 spiro atoms. The van der Waals surface area contributed by atoms with E-state index in [1.165, 1.54) is 0 Å². The molecule has 1 fully saturated rings. The van der Waals surface area contributed by atoms with Gasteiger partial charge < -0.3 is 10.6 Å².